The molecule has 0 unspecified atom stereocenters. The minimum absolute atomic E-state index is 0.797. The monoisotopic (exact) mass is 312 g/mol. The summed E-state index contributed by atoms with van der Waals surface area (Å²) in [6.07, 6.45) is 3.98. The van der Waals surface area contributed by atoms with E-state index in [1.165, 1.54) is 11.1 Å². The fraction of sp³-hybridized carbons (Fsp3) is 0.0625. The fourth-order valence-electron chi connectivity index (χ4n) is 2.05. The van der Waals surface area contributed by atoms with E-state index in [2.05, 4.69) is 45.4 Å². The topological polar surface area (TPSA) is 17.8 Å². The van der Waals surface area contributed by atoms with Gasteiger partial charge in [0.25, 0.3) is 0 Å². The van der Waals surface area contributed by atoms with Crippen molar-refractivity contribution in [1.29, 1.82) is 0 Å². The summed E-state index contributed by atoms with van der Waals surface area (Å²) in [7, 11) is 0. The van der Waals surface area contributed by atoms with Crippen molar-refractivity contribution in [3.05, 3.63) is 77.0 Å². The van der Waals surface area contributed by atoms with E-state index in [0.29, 0.717) is 0 Å². The first-order valence-corrected chi connectivity index (χ1v) is 6.93. The molecule has 0 N–H and O–H groups in total. The summed E-state index contributed by atoms with van der Waals surface area (Å²) in [4.78, 5) is 0. The van der Waals surface area contributed by atoms with Crippen LogP contribution in [0.1, 0.15) is 5.56 Å². The Labute approximate surface area is 120 Å². The summed E-state index contributed by atoms with van der Waals surface area (Å²) >= 11 is 3.57. The largest absolute Gasteiger partial charge is 0.268 e. The van der Waals surface area contributed by atoms with E-state index in [1.807, 2.05) is 47.3 Å². The van der Waals surface area contributed by atoms with Gasteiger partial charge >= 0.3 is 0 Å². The van der Waals surface area contributed by atoms with Crippen LogP contribution in [0.2, 0.25) is 0 Å². The lowest BCUT2D eigenvalue weighted by Crippen LogP contribution is -1.99. The maximum atomic E-state index is 4.42. The van der Waals surface area contributed by atoms with Crippen LogP contribution in [0.15, 0.2) is 71.5 Å². The number of rotatable bonds is 3. The van der Waals surface area contributed by atoms with Crippen LogP contribution in [-0.2, 0) is 6.54 Å². The minimum atomic E-state index is 0.797. The number of hydrogen-bond acceptors (Lipinski definition) is 1. The highest BCUT2D eigenvalue weighted by Crippen LogP contribution is 2.27. The van der Waals surface area contributed by atoms with Crippen LogP contribution in [0, 0.1) is 0 Å². The van der Waals surface area contributed by atoms with Crippen LogP contribution >= 0.6 is 15.9 Å². The highest BCUT2D eigenvalue weighted by Gasteiger charge is 2.05. The van der Waals surface area contributed by atoms with Gasteiger partial charge in [-0.25, -0.2) is 0 Å². The average Bonchev–Trinajstić information content (AvgIpc) is 2.89. The second-order valence-electron chi connectivity index (χ2n) is 4.39. The lowest BCUT2D eigenvalue weighted by molar-refractivity contribution is 0.687. The standard InChI is InChI=1S/C16H13BrN2/c17-16-9-5-4-8-15(16)14-10-18-19(12-14)11-13-6-2-1-3-7-13/h1-10,12H,11H2. The maximum Gasteiger partial charge on any atom is 0.0659 e. The van der Waals surface area contributed by atoms with Gasteiger partial charge in [-0.15, -0.1) is 0 Å². The first-order chi connectivity index (χ1) is 9.33. The number of nitrogens with zero attached hydrogens (tertiary/aromatic N) is 2. The lowest BCUT2D eigenvalue weighted by atomic mass is 10.1. The Hall–Kier alpha value is -1.87. The van der Waals surface area contributed by atoms with Gasteiger partial charge in [0.05, 0.1) is 12.7 Å². The van der Waals surface area contributed by atoms with Crippen molar-refractivity contribution in [2.75, 3.05) is 0 Å². The molecule has 1 aromatic heterocycles. The first kappa shape index (κ1) is 12.2. The van der Waals surface area contributed by atoms with Crippen molar-refractivity contribution in [1.82, 2.24) is 9.78 Å². The Balaban J connectivity index is 1.86. The van der Waals surface area contributed by atoms with Crippen LogP contribution < -0.4 is 0 Å². The molecule has 0 radical (unpaired) electrons. The zero-order valence-electron chi connectivity index (χ0n) is 10.3. The van der Waals surface area contributed by atoms with Crippen LogP contribution in [0.3, 0.4) is 0 Å². The van der Waals surface area contributed by atoms with Gasteiger partial charge in [0.1, 0.15) is 0 Å². The highest BCUT2D eigenvalue weighted by atomic mass is 79.9. The van der Waals surface area contributed by atoms with Crippen LogP contribution in [0.5, 0.6) is 0 Å². The van der Waals surface area contributed by atoms with Crippen LogP contribution in [0.25, 0.3) is 11.1 Å². The van der Waals surface area contributed by atoms with Crippen molar-refractivity contribution in [2.24, 2.45) is 0 Å². The van der Waals surface area contributed by atoms with Crippen LogP contribution in [0.4, 0.5) is 0 Å². The number of benzene rings is 2. The van der Waals surface area contributed by atoms with Gasteiger partial charge in [0.2, 0.25) is 0 Å². The molecule has 0 saturated heterocycles. The molecule has 0 atom stereocenters. The van der Waals surface area contributed by atoms with Gasteiger partial charge in [0, 0.05) is 16.2 Å². The van der Waals surface area contributed by atoms with Gasteiger partial charge < -0.3 is 0 Å². The van der Waals surface area contributed by atoms with E-state index in [0.717, 1.165) is 16.6 Å². The molecule has 0 aliphatic rings. The zero-order chi connectivity index (χ0) is 13.1. The van der Waals surface area contributed by atoms with Gasteiger partial charge in [-0.1, -0.05) is 64.5 Å². The molecular formula is C16H13BrN2. The third-order valence-corrected chi connectivity index (χ3v) is 3.70. The maximum absolute atomic E-state index is 4.42. The molecular weight excluding hydrogens is 300 g/mol. The third kappa shape index (κ3) is 2.76. The van der Waals surface area contributed by atoms with Gasteiger partial charge in [-0.3, -0.25) is 4.68 Å². The number of halogens is 1. The summed E-state index contributed by atoms with van der Waals surface area (Å²) < 4.78 is 3.05. The lowest BCUT2D eigenvalue weighted by Gasteiger charge is -2.02. The minimum Gasteiger partial charge on any atom is -0.268 e. The third-order valence-electron chi connectivity index (χ3n) is 3.01. The van der Waals surface area contributed by atoms with E-state index in [9.17, 15) is 0 Å². The molecule has 0 bridgehead atoms. The second kappa shape index (κ2) is 5.41. The Kier molecular flexibility index (Phi) is 3.47. The Bertz CT molecular complexity index is 674. The molecule has 19 heavy (non-hydrogen) atoms. The van der Waals surface area contributed by atoms with E-state index in [1.54, 1.807) is 0 Å². The molecule has 2 nitrogen and oxygen atoms in total. The summed E-state index contributed by atoms with van der Waals surface area (Å²) in [6, 6.07) is 18.5. The molecule has 3 heteroatoms. The van der Waals surface area contributed by atoms with E-state index in [4.69, 9.17) is 0 Å². The Morgan fingerprint density at radius 3 is 2.47 bits per heavy atom. The van der Waals surface area contributed by atoms with Crippen molar-refractivity contribution >= 4 is 15.9 Å². The van der Waals surface area contributed by atoms with E-state index in [-0.39, 0.29) is 0 Å². The molecule has 0 fully saturated rings. The van der Waals surface area contributed by atoms with Crippen molar-refractivity contribution in [2.45, 2.75) is 6.54 Å². The predicted octanol–water partition coefficient (Wildman–Crippen LogP) is 4.36. The highest BCUT2D eigenvalue weighted by molar-refractivity contribution is 9.10. The smallest absolute Gasteiger partial charge is 0.0659 e. The van der Waals surface area contributed by atoms with Gasteiger partial charge in [-0.05, 0) is 17.2 Å². The van der Waals surface area contributed by atoms with E-state index >= 15 is 0 Å². The predicted molar refractivity (Wildman–Crippen MR) is 80.9 cm³/mol. The molecule has 0 amide bonds. The summed E-state index contributed by atoms with van der Waals surface area (Å²) in [5, 5.41) is 4.42. The van der Waals surface area contributed by atoms with Gasteiger partial charge in [-0.2, -0.15) is 5.10 Å². The molecule has 0 aliphatic carbocycles. The summed E-state index contributed by atoms with van der Waals surface area (Å²) in [5.74, 6) is 0. The molecule has 1 heterocycles. The zero-order valence-corrected chi connectivity index (χ0v) is 11.9. The van der Waals surface area contributed by atoms with Crippen molar-refractivity contribution in [3.8, 4) is 11.1 Å². The van der Waals surface area contributed by atoms with Crippen molar-refractivity contribution < 1.29 is 0 Å². The molecule has 0 aliphatic heterocycles. The molecule has 0 spiro atoms. The summed E-state index contributed by atoms with van der Waals surface area (Å²) in [6.45, 7) is 0.797. The Morgan fingerprint density at radius 1 is 0.947 bits per heavy atom. The normalized spacial score (nSPS) is 10.6. The summed E-state index contributed by atoms with van der Waals surface area (Å²) in [5.41, 5.74) is 3.55. The fourth-order valence-corrected chi connectivity index (χ4v) is 2.57. The molecule has 94 valence electrons. The number of hydrogen-bond donors (Lipinski definition) is 0. The molecule has 3 rings (SSSR count). The van der Waals surface area contributed by atoms with Crippen LogP contribution in [-0.4, -0.2) is 9.78 Å². The number of aromatic nitrogens is 2. The van der Waals surface area contributed by atoms with E-state index < -0.39 is 0 Å². The Morgan fingerprint density at radius 2 is 1.68 bits per heavy atom. The second-order valence-corrected chi connectivity index (χ2v) is 5.25. The SMILES string of the molecule is Brc1ccccc1-c1cnn(Cc2ccccc2)c1. The molecule has 2 aromatic carbocycles. The first-order valence-electron chi connectivity index (χ1n) is 6.14. The van der Waals surface area contributed by atoms with Gasteiger partial charge in [0.15, 0.2) is 0 Å². The quantitative estimate of drug-likeness (QED) is 0.702. The van der Waals surface area contributed by atoms with Crippen molar-refractivity contribution in [3.63, 3.8) is 0 Å². The average molecular weight is 313 g/mol. The molecule has 3 aromatic rings. The molecule has 0 saturated carbocycles.